The fourth-order valence-corrected chi connectivity index (χ4v) is 2.30. The van der Waals surface area contributed by atoms with Crippen molar-refractivity contribution in [3.05, 3.63) is 40.3 Å². The van der Waals surface area contributed by atoms with Gasteiger partial charge in [0.15, 0.2) is 6.29 Å². The van der Waals surface area contributed by atoms with Gasteiger partial charge < -0.3 is 4.90 Å². The molecular weight excluding hydrogens is 246 g/mol. The molecule has 0 saturated carbocycles. The lowest BCUT2D eigenvalue weighted by Crippen LogP contribution is -2.31. The van der Waals surface area contributed by atoms with E-state index in [2.05, 4.69) is 40.2 Å². The fraction of sp³-hybridized carbons (Fsp3) is 0.308. The van der Waals surface area contributed by atoms with E-state index in [1.807, 2.05) is 6.07 Å². The number of nitrogens with zero attached hydrogens (tertiary/aromatic N) is 3. The Hall–Kier alpha value is -1.75. The molecule has 18 heavy (non-hydrogen) atoms. The van der Waals surface area contributed by atoms with Crippen LogP contribution in [-0.2, 0) is 6.54 Å². The quantitative estimate of drug-likeness (QED) is 0.776. The maximum absolute atomic E-state index is 10.6. The van der Waals surface area contributed by atoms with Gasteiger partial charge in [-0.3, -0.25) is 4.79 Å². The number of carbonyl (C=O) groups is 1. The lowest BCUT2D eigenvalue weighted by molar-refractivity contribution is 0.112. The van der Waals surface area contributed by atoms with Gasteiger partial charge in [0.1, 0.15) is 0 Å². The summed E-state index contributed by atoms with van der Waals surface area (Å²) in [6, 6.07) is 4.43. The molecule has 0 bridgehead atoms. The first kappa shape index (κ1) is 12.7. The van der Waals surface area contributed by atoms with Gasteiger partial charge in [-0.1, -0.05) is 6.07 Å². The number of thiophene rings is 1. The predicted molar refractivity (Wildman–Crippen MR) is 73.1 cm³/mol. The first-order valence-electron chi connectivity index (χ1n) is 5.77. The molecule has 0 fully saturated rings. The van der Waals surface area contributed by atoms with E-state index in [4.69, 9.17) is 0 Å². The van der Waals surface area contributed by atoms with Gasteiger partial charge in [0.05, 0.1) is 12.1 Å². The Kier molecular flexibility index (Phi) is 4.04. The zero-order valence-corrected chi connectivity index (χ0v) is 11.2. The minimum atomic E-state index is 0.300. The van der Waals surface area contributed by atoms with Crippen molar-refractivity contribution in [1.29, 1.82) is 0 Å². The molecule has 0 saturated heterocycles. The van der Waals surface area contributed by atoms with Gasteiger partial charge >= 0.3 is 0 Å². The third-order valence-electron chi connectivity index (χ3n) is 2.58. The van der Waals surface area contributed by atoms with E-state index in [1.165, 1.54) is 4.88 Å². The molecule has 2 heterocycles. The molecule has 0 radical (unpaired) electrons. The first-order valence-corrected chi connectivity index (χ1v) is 6.65. The molecule has 0 N–H and O–H groups in total. The van der Waals surface area contributed by atoms with Crippen LogP contribution in [-0.4, -0.2) is 22.3 Å². The van der Waals surface area contributed by atoms with E-state index < -0.39 is 0 Å². The second kappa shape index (κ2) is 5.73. The van der Waals surface area contributed by atoms with Gasteiger partial charge in [-0.15, -0.1) is 11.3 Å². The molecule has 0 amide bonds. The Bertz CT molecular complexity index is 493. The number of carbonyl (C=O) groups excluding carboxylic acids is 1. The van der Waals surface area contributed by atoms with Crippen LogP contribution < -0.4 is 4.90 Å². The van der Waals surface area contributed by atoms with Gasteiger partial charge in [0.2, 0.25) is 5.95 Å². The summed E-state index contributed by atoms with van der Waals surface area (Å²) in [6.07, 6.45) is 3.86. The van der Waals surface area contributed by atoms with Gasteiger partial charge in [0.25, 0.3) is 0 Å². The monoisotopic (exact) mass is 261 g/mol. The van der Waals surface area contributed by atoms with E-state index in [0.717, 1.165) is 12.8 Å². The summed E-state index contributed by atoms with van der Waals surface area (Å²) in [7, 11) is 0. The Morgan fingerprint density at radius 1 is 1.39 bits per heavy atom. The molecule has 2 rings (SSSR count). The normalized spacial score (nSPS) is 10.6. The van der Waals surface area contributed by atoms with Crippen LogP contribution in [0.2, 0.25) is 0 Å². The number of anilines is 1. The average Bonchev–Trinajstić information content (AvgIpc) is 2.89. The molecule has 2 aromatic heterocycles. The van der Waals surface area contributed by atoms with E-state index in [-0.39, 0.29) is 0 Å². The number of rotatable bonds is 5. The van der Waals surface area contributed by atoms with Crippen molar-refractivity contribution >= 4 is 23.6 Å². The first-order chi connectivity index (χ1) is 8.70. The van der Waals surface area contributed by atoms with E-state index in [9.17, 15) is 4.79 Å². The van der Waals surface area contributed by atoms with Crippen LogP contribution in [0, 0.1) is 0 Å². The highest BCUT2D eigenvalue weighted by Gasteiger charge is 2.14. The summed E-state index contributed by atoms with van der Waals surface area (Å²) < 4.78 is 0. The van der Waals surface area contributed by atoms with Gasteiger partial charge in [-0.05, 0) is 25.3 Å². The van der Waals surface area contributed by atoms with Crippen LogP contribution in [0.5, 0.6) is 0 Å². The summed E-state index contributed by atoms with van der Waals surface area (Å²) in [6.45, 7) is 4.99. The average molecular weight is 261 g/mol. The van der Waals surface area contributed by atoms with E-state index in [0.29, 0.717) is 17.6 Å². The minimum absolute atomic E-state index is 0.300. The lowest BCUT2D eigenvalue weighted by atomic mass is 10.3. The molecule has 0 aromatic carbocycles. The van der Waals surface area contributed by atoms with Crippen molar-refractivity contribution in [2.45, 2.75) is 26.4 Å². The second-order valence-electron chi connectivity index (χ2n) is 4.24. The summed E-state index contributed by atoms with van der Waals surface area (Å²) in [5.74, 6) is 0.656. The summed E-state index contributed by atoms with van der Waals surface area (Å²) in [5, 5.41) is 2.06. The molecule has 2 aromatic rings. The molecule has 0 atom stereocenters. The number of aldehydes is 1. The van der Waals surface area contributed by atoms with Gasteiger partial charge in [-0.25, -0.2) is 9.97 Å². The van der Waals surface area contributed by atoms with E-state index in [1.54, 1.807) is 23.7 Å². The minimum Gasteiger partial charge on any atom is -0.333 e. The molecular formula is C13H15N3OS. The van der Waals surface area contributed by atoms with Crippen LogP contribution in [0.4, 0.5) is 5.95 Å². The molecule has 5 heteroatoms. The summed E-state index contributed by atoms with van der Waals surface area (Å²) in [4.78, 5) is 22.4. The van der Waals surface area contributed by atoms with Crippen molar-refractivity contribution in [2.24, 2.45) is 0 Å². The van der Waals surface area contributed by atoms with Crippen LogP contribution in [0.3, 0.4) is 0 Å². The standard InChI is InChI=1S/C13H15N3OS/c1-10(2)16(8-12-4-3-5-18-12)13-14-6-11(9-17)7-15-13/h3-7,9-10H,8H2,1-2H3. The van der Waals surface area contributed by atoms with Crippen LogP contribution in [0.15, 0.2) is 29.9 Å². The van der Waals surface area contributed by atoms with Crippen molar-refractivity contribution in [1.82, 2.24) is 9.97 Å². The molecule has 94 valence electrons. The summed E-state index contributed by atoms with van der Waals surface area (Å²) in [5.41, 5.74) is 0.499. The topological polar surface area (TPSA) is 46.1 Å². The van der Waals surface area contributed by atoms with Crippen LogP contribution >= 0.6 is 11.3 Å². The van der Waals surface area contributed by atoms with Crippen molar-refractivity contribution in [3.63, 3.8) is 0 Å². The predicted octanol–water partition coefficient (Wildman–Crippen LogP) is 2.77. The Morgan fingerprint density at radius 2 is 2.11 bits per heavy atom. The van der Waals surface area contributed by atoms with Gasteiger partial charge in [0, 0.05) is 23.3 Å². The Balaban J connectivity index is 2.20. The van der Waals surface area contributed by atoms with E-state index >= 15 is 0 Å². The summed E-state index contributed by atoms with van der Waals surface area (Å²) >= 11 is 1.72. The highest BCUT2D eigenvalue weighted by Crippen LogP contribution is 2.18. The maximum Gasteiger partial charge on any atom is 0.225 e. The third kappa shape index (κ3) is 2.92. The highest BCUT2D eigenvalue weighted by atomic mass is 32.1. The largest absolute Gasteiger partial charge is 0.333 e. The molecule has 4 nitrogen and oxygen atoms in total. The Labute approximate surface area is 110 Å². The maximum atomic E-state index is 10.6. The molecule has 0 aliphatic rings. The highest BCUT2D eigenvalue weighted by molar-refractivity contribution is 7.09. The molecule has 0 unspecified atom stereocenters. The third-order valence-corrected chi connectivity index (χ3v) is 3.44. The van der Waals surface area contributed by atoms with Crippen molar-refractivity contribution in [3.8, 4) is 0 Å². The fourth-order valence-electron chi connectivity index (χ4n) is 1.60. The van der Waals surface area contributed by atoms with Gasteiger partial charge in [-0.2, -0.15) is 0 Å². The zero-order chi connectivity index (χ0) is 13.0. The molecule has 0 aliphatic carbocycles. The Morgan fingerprint density at radius 3 is 2.61 bits per heavy atom. The number of hydrogen-bond acceptors (Lipinski definition) is 5. The molecule has 0 aliphatic heterocycles. The van der Waals surface area contributed by atoms with Crippen LogP contribution in [0.1, 0.15) is 29.1 Å². The van der Waals surface area contributed by atoms with Crippen LogP contribution in [0.25, 0.3) is 0 Å². The zero-order valence-electron chi connectivity index (χ0n) is 10.4. The smallest absolute Gasteiger partial charge is 0.225 e. The van der Waals surface area contributed by atoms with Crippen molar-refractivity contribution in [2.75, 3.05) is 4.90 Å². The second-order valence-corrected chi connectivity index (χ2v) is 5.27. The SMILES string of the molecule is CC(C)N(Cc1cccs1)c1ncc(C=O)cn1. The van der Waals surface area contributed by atoms with Crippen molar-refractivity contribution < 1.29 is 4.79 Å². The molecule has 0 spiro atoms. The number of hydrogen-bond donors (Lipinski definition) is 0. The lowest BCUT2D eigenvalue weighted by Gasteiger charge is -2.26. The number of aromatic nitrogens is 2.